The second-order valence-electron chi connectivity index (χ2n) is 3.45. The minimum absolute atomic E-state index is 0.0322. The van der Waals surface area contributed by atoms with Gasteiger partial charge < -0.3 is 15.3 Å². The molecule has 0 bridgehead atoms. The number of amides is 2. The highest BCUT2D eigenvalue weighted by Gasteiger charge is 2.12. The van der Waals surface area contributed by atoms with Crippen molar-refractivity contribution in [2.75, 3.05) is 19.7 Å². The monoisotopic (exact) mass is 233 g/mol. The third-order valence-corrected chi connectivity index (χ3v) is 2.19. The van der Waals surface area contributed by atoms with E-state index in [9.17, 15) is 4.79 Å². The maximum absolute atomic E-state index is 11.6. The van der Waals surface area contributed by atoms with Crippen molar-refractivity contribution in [3.8, 4) is 6.07 Å². The summed E-state index contributed by atoms with van der Waals surface area (Å²) in [5.41, 5.74) is 0.980. The third-order valence-electron chi connectivity index (χ3n) is 2.19. The Bertz CT molecular complexity index is 386. The number of carbonyl (C=O) groups excluding carboxylic acids is 1. The number of nitriles is 1. The molecule has 0 saturated carbocycles. The Balaban J connectivity index is 2.60. The summed E-state index contributed by atoms with van der Waals surface area (Å²) in [7, 11) is 0. The van der Waals surface area contributed by atoms with E-state index in [1.807, 2.05) is 36.4 Å². The lowest BCUT2D eigenvalue weighted by molar-refractivity contribution is 0.175. The molecule has 0 aliphatic rings. The highest BCUT2D eigenvalue weighted by atomic mass is 16.3. The Labute approximate surface area is 100 Å². The normalized spacial score (nSPS) is 9.41. The van der Waals surface area contributed by atoms with Crippen molar-refractivity contribution in [3.05, 3.63) is 35.9 Å². The molecule has 2 N–H and O–H groups in total. The smallest absolute Gasteiger partial charge is 0.318 e. The Morgan fingerprint density at radius 2 is 2.12 bits per heavy atom. The first kappa shape index (κ1) is 13.0. The van der Waals surface area contributed by atoms with E-state index >= 15 is 0 Å². The number of hydrogen-bond donors (Lipinski definition) is 2. The fourth-order valence-corrected chi connectivity index (χ4v) is 1.40. The molecule has 17 heavy (non-hydrogen) atoms. The minimum Gasteiger partial charge on any atom is -0.395 e. The molecule has 0 aliphatic carbocycles. The van der Waals surface area contributed by atoms with Gasteiger partial charge in [0.25, 0.3) is 0 Å². The average molecular weight is 233 g/mol. The van der Waals surface area contributed by atoms with Crippen molar-refractivity contribution >= 4 is 6.03 Å². The molecule has 0 unspecified atom stereocenters. The van der Waals surface area contributed by atoms with Crippen LogP contribution in [0.2, 0.25) is 0 Å². The first-order valence-corrected chi connectivity index (χ1v) is 5.32. The van der Waals surface area contributed by atoms with Crippen LogP contribution in [0, 0.1) is 11.3 Å². The Kier molecular flexibility index (Phi) is 5.55. The molecule has 0 aromatic heterocycles. The quantitative estimate of drug-likeness (QED) is 0.735. The number of nitrogens with zero attached hydrogens (tertiary/aromatic N) is 2. The molecule has 0 radical (unpaired) electrons. The predicted molar refractivity (Wildman–Crippen MR) is 62.9 cm³/mol. The summed E-state index contributed by atoms with van der Waals surface area (Å²) >= 11 is 0. The lowest BCUT2D eigenvalue weighted by atomic mass is 10.2. The van der Waals surface area contributed by atoms with E-state index in [2.05, 4.69) is 5.32 Å². The van der Waals surface area contributed by atoms with Gasteiger partial charge in [-0.15, -0.1) is 0 Å². The summed E-state index contributed by atoms with van der Waals surface area (Å²) in [5.74, 6) is 0. The highest BCUT2D eigenvalue weighted by molar-refractivity contribution is 5.74. The van der Waals surface area contributed by atoms with Crippen LogP contribution in [-0.4, -0.2) is 35.7 Å². The molecule has 5 nitrogen and oxygen atoms in total. The SMILES string of the molecule is N#CCNC(=O)N(CCO)Cc1ccccc1. The van der Waals surface area contributed by atoms with Crippen LogP contribution in [0.5, 0.6) is 0 Å². The van der Waals surface area contributed by atoms with Gasteiger partial charge in [-0.1, -0.05) is 30.3 Å². The lowest BCUT2D eigenvalue weighted by Crippen LogP contribution is -2.41. The summed E-state index contributed by atoms with van der Waals surface area (Å²) in [6.45, 7) is 0.521. The number of aliphatic hydroxyl groups excluding tert-OH is 1. The second-order valence-corrected chi connectivity index (χ2v) is 3.45. The van der Waals surface area contributed by atoms with Gasteiger partial charge in [0.1, 0.15) is 6.54 Å². The number of hydrogen-bond acceptors (Lipinski definition) is 3. The van der Waals surface area contributed by atoms with Gasteiger partial charge in [0.15, 0.2) is 0 Å². The topological polar surface area (TPSA) is 76.4 Å². The molecule has 1 rings (SSSR count). The van der Waals surface area contributed by atoms with Crippen LogP contribution in [0.4, 0.5) is 4.79 Å². The maximum Gasteiger partial charge on any atom is 0.318 e. The molecule has 0 aliphatic heterocycles. The summed E-state index contributed by atoms with van der Waals surface area (Å²) in [5, 5.41) is 19.7. The Morgan fingerprint density at radius 3 is 2.71 bits per heavy atom. The van der Waals surface area contributed by atoms with E-state index in [0.717, 1.165) is 5.56 Å². The van der Waals surface area contributed by atoms with Gasteiger partial charge in [-0.25, -0.2) is 4.79 Å². The van der Waals surface area contributed by atoms with Crippen LogP contribution in [-0.2, 0) is 6.54 Å². The van der Waals surface area contributed by atoms with Gasteiger partial charge in [-0.3, -0.25) is 0 Å². The summed E-state index contributed by atoms with van der Waals surface area (Å²) in [6, 6.07) is 11.0. The zero-order valence-electron chi connectivity index (χ0n) is 9.47. The lowest BCUT2D eigenvalue weighted by Gasteiger charge is -2.21. The molecule has 5 heteroatoms. The first-order valence-electron chi connectivity index (χ1n) is 5.32. The number of carbonyl (C=O) groups is 1. The zero-order chi connectivity index (χ0) is 12.5. The fourth-order valence-electron chi connectivity index (χ4n) is 1.40. The van der Waals surface area contributed by atoms with E-state index in [1.165, 1.54) is 4.90 Å². The summed E-state index contributed by atoms with van der Waals surface area (Å²) in [4.78, 5) is 13.1. The molecular weight excluding hydrogens is 218 g/mol. The molecule has 0 atom stereocenters. The van der Waals surface area contributed by atoms with E-state index < -0.39 is 0 Å². The van der Waals surface area contributed by atoms with Crippen molar-refractivity contribution in [1.82, 2.24) is 10.2 Å². The molecular formula is C12H15N3O2. The molecule has 0 heterocycles. The summed E-state index contributed by atoms with van der Waals surface area (Å²) in [6.07, 6.45) is 0. The molecule has 1 aromatic carbocycles. The maximum atomic E-state index is 11.6. The van der Waals surface area contributed by atoms with E-state index in [-0.39, 0.29) is 25.7 Å². The molecule has 90 valence electrons. The number of rotatable bonds is 5. The van der Waals surface area contributed by atoms with Crippen molar-refractivity contribution in [1.29, 1.82) is 5.26 Å². The van der Waals surface area contributed by atoms with Gasteiger partial charge >= 0.3 is 6.03 Å². The molecule has 0 spiro atoms. The van der Waals surface area contributed by atoms with E-state index in [4.69, 9.17) is 10.4 Å². The van der Waals surface area contributed by atoms with Crippen LogP contribution < -0.4 is 5.32 Å². The van der Waals surface area contributed by atoms with Crippen molar-refractivity contribution in [3.63, 3.8) is 0 Å². The third kappa shape index (κ3) is 4.53. The van der Waals surface area contributed by atoms with Crippen molar-refractivity contribution in [2.24, 2.45) is 0 Å². The van der Waals surface area contributed by atoms with Crippen molar-refractivity contribution < 1.29 is 9.90 Å². The number of urea groups is 1. The highest BCUT2D eigenvalue weighted by Crippen LogP contribution is 2.04. The number of nitrogens with one attached hydrogen (secondary N) is 1. The van der Waals surface area contributed by atoms with Crippen LogP contribution in [0.15, 0.2) is 30.3 Å². The average Bonchev–Trinajstić information content (AvgIpc) is 2.36. The van der Waals surface area contributed by atoms with E-state index in [1.54, 1.807) is 0 Å². The number of benzene rings is 1. The van der Waals surface area contributed by atoms with Gasteiger partial charge in [0, 0.05) is 13.1 Å². The van der Waals surface area contributed by atoms with Gasteiger partial charge in [0.05, 0.1) is 12.7 Å². The Morgan fingerprint density at radius 1 is 1.41 bits per heavy atom. The molecule has 0 saturated heterocycles. The van der Waals surface area contributed by atoms with Gasteiger partial charge in [0.2, 0.25) is 0 Å². The number of aliphatic hydroxyl groups is 1. The van der Waals surface area contributed by atoms with Crippen LogP contribution >= 0.6 is 0 Å². The first-order chi connectivity index (χ1) is 8.27. The molecule has 2 amide bonds. The zero-order valence-corrected chi connectivity index (χ0v) is 9.47. The molecule has 1 aromatic rings. The van der Waals surface area contributed by atoms with Crippen LogP contribution in [0.25, 0.3) is 0 Å². The minimum atomic E-state index is -0.343. The standard InChI is InChI=1S/C12H15N3O2/c13-6-7-14-12(17)15(8-9-16)10-11-4-2-1-3-5-11/h1-5,16H,7-10H2,(H,14,17). The van der Waals surface area contributed by atoms with Gasteiger partial charge in [-0.2, -0.15) is 5.26 Å². The van der Waals surface area contributed by atoms with Crippen molar-refractivity contribution in [2.45, 2.75) is 6.54 Å². The van der Waals surface area contributed by atoms with Gasteiger partial charge in [-0.05, 0) is 5.56 Å². The van der Waals surface area contributed by atoms with Crippen LogP contribution in [0.3, 0.4) is 0 Å². The fraction of sp³-hybridized carbons (Fsp3) is 0.333. The Hall–Kier alpha value is -2.06. The summed E-state index contributed by atoms with van der Waals surface area (Å²) < 4.78 is 0. The largest absolute Gasteiger partial charge is 0.395 e. The molecule has 0 fully saturated rings. The van der Waals surface area contributed by atoms with Crippen LogP contribution in [0.1, 0.15) is 5.56 Å². The second kappa shape index (κ2) is 7.25. The van der Waals surface area contributed by atoms with E-state index in [0.29, 0.717) is 6.54 Å². The predicted octanol–water partition coefficient (Wildman–Crippen LogP) is 0.714.